The van der Waals surface area contributed by atoms with Gasteiger partial charge in [0, 0.05) is 24.7 Å². The topological polar surface area (TPSA) is 90.0 Å². The number of sulfonamides is 1. The molecule has 7 nitrogen and oxygen atoms in total. The first-order chi connectivity index (χ1) is 12.4. The number of likely N-dealkylation sites (tertiary alicyclic amines) is 1. The molecule has 1 amide bonds. The molecule has 1 aromatic rings. The second-order valence-corrected chi connectivity index (χ2v) is 9.41. The van der Waals surface area contributed by atoms with Crippen molar-refractivity contribution in [2.24, 2.45) is 0 Å². The van der Waals surface area contributed by atoms with E-state index in [2.05, 4.69) is 10.2 Å². The molecular weight excluding hydrogens is 354 g/mol. The fraction of sp³-hybridized carbons (Fsp3) is 0.611. The van der Waals surface area contributed by atoms with Crippen molar-refractivity contribution in [2.75, 3.05) is 26.2 Å². The number of carbonyl (C=O) groups excluding carboxylic acids is 1. The summed E-state index contributed by atoms with van der Waals surface area (Å²) in [6.07, 6.45) is 3.47. The van der Waals surface area contributed by atoms with Crippen LogP contribution in [-0.2, 0) is 10.0 Å². The molecule has 2 N–H and O–H groups in total. The highest BCUT2D eigenvalue weighted by atomic mass is 32.2. The normalized spacial score (nSPS) is 27.7. The van der Waals surface area contributed by atoms with Gasteiger partial charge in [-0.1, -0.05) is 6.07 Å². The largest absolute Gasteiger partial charge is 0.390 e. The van der Waals surface area contributed by atoms with E-state index in [9.17, 15) is 18.3 Å². The van der Waals surface area contributed by atoms with Gasteiger partial charge in [0.05, 0.1) is 17.0 Å². The Morgan fingerprint density at radius 3 is 2.58 bits per heavy atom. The molecule has 2 heterocycles. The molecule has 3 fully saturated rings. The zero-order valence-electron chi connectivity index (χ0n) is 14.7. The molecule has 26 heavy (non-hydrogen) atoms. The van der Waals surface area contributed by atoms with Crippen molar-refractivity contribution in [3.05, 3.63) is 29.8 Å². The van der Waals surface area contributed by atoms with Gasteiger partial charge in [-0.3, -0.25) is 9.69 Å². The number of aliphatic hydroxyl groups is 1. The Morgan fingerprint density at radius 1 is 1.15 bits per heavy atom. The van der Waals surface area contributed by atoms with Gasteiger partial charge in [0.1, 0.15) is 0 Å². The lowest BCUT2D eigenvalue weighted by Gasteiger charge is -2.25. The van der Waals surface area contributed by atoms with Crippen LogP contribution < -0.4 is 5.32 Å². The van der Waals surface area contributed by atoms with Crippen LogP contribution in [0, 0.1) is 0 Å². The Labute approximate surface area is 154 Å². The maximum Gasteiger partial charge on any atom is 0.251 e. The maximum absolute atomic E-state index is 13.0. The van der Waals surface area contributed by atoms with E-state index in [0.29, 0.717) is 12.1 Å². The van der Waals surface area contributed by atoms with Crippen molar-refractivity contribution < 1.29 is 18.3 Å². The van der Waals surface area contributed by atoms with Crippen LogP contribution in [0.4, 0.5) is 0 Å². The minimum absolute atomic E-state index is 0.0992. The molecule has 0 bridgehead atoms. The Kier molecular flexibility index (Phi) is 4.77. The molecule has 2 aliphatic heterocycles. The van der Waals surface area contributed by atoms with Gasteiger partial charge in [0.25, 0.3) is 5.91 Å². The van der Waals surface area contributed by atoms with Crippen molar-refractivity contribution in [1.29, 1.82) is 0 Å². The van der Waals surface area contributed by atoms with Gasteiger partial charge in [-0.2, -0.15) is 4.31 Å². The second-order valence-electron chi connectivity index (χ2n) is 7.48. The van der Waals surface area contributed by atoms with Crippen molar-refractivity contribution in [3.8, 4) is 0 Å². The molecule has 1 aromatic carbocycles. The number of amides is 1. The van der Waals surface area contributed by atoms with Crippen LogP contribution in [-0.4, -0.2) is 73.0 Å². The number of hydrogen-bond acceptors (Lipinski definition) is 5. The summed E-state index contributed by atoms with van der Waals surface area (Å²) >= 11 is 0. The Hall–Kier alpha value is -1.48. The molecule has 2 saturated heterocycles. The Bertz CT molecular complexity index is 787. The van der Waals surface area contributed by atoms with Crippen LogP contribution in [0.2, 0.25) is 0 Å². The van der Waals surface area contributed by atoms with Gasteiger partial charge in [0.2, 0.25) is 10.0 Å². The minimum Gasteiger partial charge on any atom is -0.390 e. The lowest BCUT2D eigenvalue weighted by Crippen LogP contribution is -2.41. The molecule has 4 rings (SSSR count). The predicted octanol–water partition coefficient (Wildman–Crippen LogP) is 0.408. The summed E-state index contributed by atoms with van der Waals surface area (Å²) in [7, 11) is -3.74. The summed E-state index contributed by atoms with van der Waals surface area (Å²) in [5.74, 6) is -0.235. The van der Waals surface area contributed by atoms with E-state index in [1.807, 2.05) is 0 Å². The fourth-order valence-electron chi connectivity index (χ4n) is 3.81. The van der Waals surface area contributed by atoms with E-state index in [-0.39, 0.29) is 29.4 Å². The molecule has 0 radical (unpaired) electrons. The summed E-state index contributed by atoms with van der Waals surface area (Å²) in [5.41, 5.74) is 0.355. The summed E-state index contributed by atoms with van der Waals surface area (Å²) in [5, 5.41) is 13.2. The third-order valence-electron chi connectivity index (χ3n) is 5.48. The van der Waals surface area contributed by atoms with E-state index in [1.54, 1.807) is 12.1 Å². The summed E-state index contributed by atoms with van der Waals surface area (Å²) in [4.78, 5) is 14.5. The molecule has 3 aliphatic rings. The van der Waals surface area contributed by atoms with E-state index >= 15 is 0 Å². The minimum atomic E-state index is -3.74. The van der Waals surface area contributed by atoms with Crippen LogP contribution >= 0.6 is 0 Å². The van der Waals surface area contributed by atoms with Crippen LogP contribution in [0.15, 0.2) is 29.2 Å². The van der Waals surface area contributed by atoms with Crippen molar-refractivity contribution in [1.82, 2.24) is 14.5 Å². The maximum atomic E-state index is 13.0. The highest BCUT2D eigenvalue weighted by Crippen LogP contribution is 2.27. The van der Waals surface area contributed by atoms with Crippen molar-refractivity contribution in [3.63, 3.8) is 0 Å². The third kappa shape index (κ3) is 3.51. The number of rotatable bonds is 5. The van der Waals surface area contributed by atoms with Gasteiger partial charge < -0.3 is 10.4 Å². The van der Waals surface area contributed by atoms with Gasteiger partial charge in [-0.15, -0.1) is 0 Å². The van der Waals surface area contributed by atoms with Crippen molar-refractivity contribution in [2.45, 2.75) is 48.8 Å². The standard InChI is InChI=1S/C18H25N3O4S/c22-17-12-21(11-16(17)20-8-1-2-9-20)26(24,25)15-5-3-4-13(10-15)18(23)19-14-6-7-14/h3-5,10,14,16-17,22H,1-2,6-9,11-12H2,(H,19,23)/t16-,17-/m1/s1. The lowest BCUT2D eigenvalue weighted by atomic mass is 10.2. The summed E-state index contributed by atoms with van der Waals surface area (Å²) in [6, 6.07) is 6.25. The smallest absolute Gasteiger partial charge is 0.251 e. The summed E-state index contributed by atoms with van der Waals surface area (Å²) in [6.45, 7) is 2.21. The first-order valence-corrected chi connectivity index (χ1v) is 10.7. The SMILES string of the molecule is O=C(NC1CC1)c1cccc(S(=O)(=O)N2C[C@@H](O)[C@H](N3CCCC3)C2)c1. The molecule has 2 atom stereocenters. The lowest BCUT2D eigenvalue weighted by molar-refractivity contribution is 0.0950. The molecule has 0 unspecified atom stereocenters. The fourth-order valence-corrected chi connectivity index (χ4v) is 5.33. The predicted molar refractivity (Wildman–Crippen MR) is 96.3 cm³/mol. The highest BCUT2D eigenvalue weighted by Gasteiger charge is 2.41. The number of aliphatic hydroxyl groups excluding tert-OH is 1. The molecule has 1 saturated carbocycles. The van der Waals surface area contributed by atoms with E-state index in [0.717, 1.165) is 38.8 Å². The number of benzene rings is 1. The quantitative estimate of drug-likeness (QED) is 0.773. The van der Waals surface area contributed by atoms with Crippen LogP contribution in [0.25, 0.3) is 0 Å². The number of hydrogen-bond donors (Lipinski definition) is 2. The molecule has 8 heteroatoms. The Morgan fingerprint density at radius 2 is 1.88 bits per heavy atom. The average molecular weight is 379 g/mol. The first kappa shape index (κ1) is 17.9. The first-order valence-electron chi connectivity index (χ1n) is 9.28. The number of β-amino-alcohol motifs (C(OH)–C–C–N with tert-alkyl or cyclic N) is 1. The van der Waals surface area contributed by atoms with Gasteiger partial charge in [-0.25, -0.2) is 8.42 Å². The van der Waals surface area contributed by atoms with Gasteiger partial charge >= 0.3 is 0 Å². The monoisotopic (exact) mass is 379 g/mol. The average Bonchev–Trinajstić information content (AvgIpc) is 3.11. The molecule has 142 valence electrons. The van der Waals surface area contributed by atoms with Crippen LogP contribution in [0.1, 0.15) is 36.0 Å². The van der Waals surface area contributed by atoms with Gasteiger partial charge in [0.15, 0.2) is 0 Å². The summed E-state index contributed by atoms with van der Waals surface area (Å²) < 4.78 is 27.4. The zero-order chi connectivity index (χ0) is 18.3. The Balaban J connectivity index is 1.52. The van der Waals surface area contributed by atoms with E-state index < -0.39 is 16.1 Å². The third-order valence-corrected chi connectivity index (χ3v) is 7.31. The van der Waals surface area contributed by atoms with Crippen LogP contribution in [0.5, 0.6) is 0 Å². The molecule has 0 aromatic heterocycles. The number of carbonyl (C=O) groups is 1. The van der Waals surface area contributed by atoms with E-state index in [4.69, 9.17) is 0 Å². The highest BCUT2D eigenvalue weighted by molar-refractivity contribution is 7.89. The zero-order valence-corrected chi connectivity index (χ0v) is 15.5. The van der Waals surface area contributed by atoms with Crippen molar-refractivity contribution >= 4 is 15.9 Å². The number of nitrogens with zero attached hydrogens (tertiary/aromatic N) is 2. The number of nitrogens with one attached hydrogen (secondary N) is 1. The molecule has 0 spiro atoms. The van der Waals surface area contributed by atoms with Crippen LogP contribution in [0.3, 0.4) is 0 Å². The second kappa shape index (κ2) is 6.92. The molecule has 1 aliphatic carbocycles. The molecular formula is C18H25N3O4S. The van der Waals surface area contributed by atoms with E-state index in [1.165, 1.54) is 16.4 Å². The van der Waals surface area contributed by atoms with Gasteiger partial charge in [-0.05, 0) is 57.0 Å².